The number of hydrogen-bond acceptors (Lipinski definition) is 5. The normalized spacial score (nSPS) is 12.1. The third kappa shape index (κ3) is 3.51. The molecule has 0 fully saturated rings. The van der Waals surface area contributed by atoms with Crippen molar-refractivity contribution in [2.45, 2.75) is 6.10 Å². The topological polar surface area (TPSA) is 129 Å². The van der Waals surface area contributed by atoms with E-state index in [-0.39, 0.29) is 19.1 Å². The first-order valence-corrected chi connectivity index (χ1v) is 6.48. The Balaban J connectivity index is 2.08. The summed E-state index contributed by atoms with van der Waals surface area (Å²) in [4.78, 5) is 36.5. The zero-order valence-electron chi connectivity index (χ0n) is 11.8. The number of nitrogens with zero attached hydrogens (tertiary/aromatic N) is 1. The van der Waals surface area contributed by atoms with Crippen LogP contribution in [0.2, 0.25) is 0 Å². The average molecular weight is 308 g/mol. The van der Waals surface area contributed by atoms with Crippen LogP contribution >= 0.6 is 0 Å². The molecular weight excluding hydrogens is 292 g/mol. The van der Waals surface area contributed by atoms with Crippen LogP contribution in [-0.4, -0.2) is 52.1 Å². The van der Waals surface area contributed by atoms with Crippen molar-refractivity contribution in [1.29, 1.82) is 0 Å². The van der Waals surface area contributed by atoms with E-state index in [0.29, 0.717) is 11.3 Å². The SMILES string of the molecule is CO[C@@H](CO)CNC(=O)c1ccc(-n2[nH]c(=O)[nH]c2=O)cc1. The van der Waals surface area contributed by atoms with Gasteiger partial charge < -0.3 is 15.2 Å². The Bertz CT molecular complexity index is 739. The van der Waals surface area contributed by atoms with Gasteiger partial charge in [-0.3, -0.25) is 9.78 Å². The quantitative estimate of drug-likeness (QED) is 0.521. The number of ether oxygens (including phenoxy) is 1. The third-order valence-corrected chi connectivity index (χ3v) is 3.05. The average Bonchev–Trinajstić information content (AvgIpc) is 2.87. The number of methoxy groups -OCH3 is 1. The summed E-state index contributed by atoms with van der Waals surface area (Å²) in [7, 11) is 1.44. The number of hydrogen-bond donors (Lipinski definition) is 4. The van der Waals surface area contributed by atoms with Crippen LogP contribution in [0.5, 0.6) is 0 Å². The Morgan fingerprint density at radius 2 is 2.05 bits per heavy atom. The van der Waals surface area contributed by atoms with Gasteiger partial charge in [0, 0.05) is 19.2 Å². The summed E-state index contributed by atoms with van der Waals surface area (Å²) in [5.74, 6) is -0.336. The molecule has 2 rings (SSSR count). The van der Waals surface area contributed by atoms with Gasteiger partial charge in [-0.25, -0.2) is 19.4 Å². The summed E-state index contributed by atoms with van der Waals surface area (Å²) in [5, 5.41) is 13.9. The second-order valence-corrected chi connectivity index (χ2v) is 4.50. The molecule has 0 saturated heterocycles. The Labute approximate surface area is 124 Å². The molecule has 4 N–H and O–H groups in total. The lowest BCUT2D eigenvalue weighted by atomic mass is 10.2. The van der Waals surface area contributed by atoms with Gasteiger partial charge in [0.1, 0.15) is 0 Å². The van der Waals surface area contributed by atoms with Gasteiger partial charge in [-0.1, -0.05) is 0 Å². The molecule has 0 saturated carbocycles. The van der Waals surface area contributed by atoms with Crippen LogP contribution in [0.25, 0.3) is 5.69 Å². The highest BCUT2D eigenvalue weighted by molar-refractivity contribution is 5.94. The molecule has 9 nitrogen and oxygen atoms in total. The lowest BCUT2D eigenvalue weighted by molar-refractivity contribution is 0.0474. The molecule has 0 aliphatic rings. The smallest absolute Gasteiger partial charge is 0.349 e. The molecule has 1 atom stereocenters. The van der Waals surface area contributed by atoms with E-state index >= 15 is 0 Å². The van der Waals surface area contributed by atoms with E-state index in [1.54, 1.807) is 0 Å². The van der Waals surface area contributed by atoms with Crippen LogP contribution in [-0.2, 0) is 4.74 Å². The summed E-state index contributed by atoms with van der Waals surface area (Å²) < 4.78 is 5.98. The maximum absolute atomic E-state index is 11.9. The van der Waals surface area contributed by atoms with Crippen molar-refractivity contribution < 1.29 is 14.6 Å². The molecule has 0 aliphatic heterocycles. The number of H-pyrrole nitrogens is 2. The number of carbonyl (C=O) groups excluding carboxylic acids is 1. The Hall–Kier alpha value is -2.65. The van der Waals surface area contributed by atoms with Crippen molar-refractivity contribution >= 4 is 5.91 Å². The third-order valence-electron chi connectivity index (χ3n) is 3.05. The van der Waals surface area contributed by atoms with E-state index in [9.17, 15) is 14.4 Å². The van der Waals surface area contributed by atoms with Crippen molar-refractivity contribution in [3.05, 3.63) is 50.8 Å². The molecule has 0 unspecified atom stereocenters. The molecule has 1 aromatic carbocycles. The van der Waals surface area contributed by atoms with Gasteiger partial charge in [0.25, 0.3) is 5.91 Å². The molecule has 2 aromatic rings. The molecule has 1 aromatic heterocycles. The molecule has 9 heteroatoms. The second-order valence-electron chi connectivity index (χ2n) is 4.50. The van der Waals surface area contributed by atoms with Gasteiger partial charge in [-0.15, -0.1) is 0 Å². The van der Waals surface area contributed by atoms with E-state index < -0.39 is 17.5 Å². The lowest BCUT2D eigenvalue weighted by Gasteiger charge is -2.13. The number of rotatable bonds is 6. The first-order chi connectivity index (χ1) is 10.5. The van der Waals surface area contributed by atoms with Gasteiger partial charge in [-0.2, -0.15) is 0 Å². The van der Waals surface area contributed by atoms with E-state index in [0.717, 1.165) is 4.68 Å². The Morgan fingerprint density at radius 3 is 2.55 bits per heavy atom. The summed E-state index contributed by atoms with van der Waals surface area (Å²) in [6.45, 7) is -0.0162. The zero-order valence-corrected chi connectivity index (χ0v) is 11.8. The molecule has 22 heavy (non-hydrogen) atoms. The molecule has 0 radical (unpaired) electrons. The first kappa shape index (κ1) is 15.7. The van der Waals surface area contributed by atoms with Crippen molar-refractivity contribution in [3.8, 4) is 5.69 Å². The monoisotopic (exact) mass is 308 g/mol. The van der Waals surface area contributed by atoms with Crippen LogP contribution < -0.4 is 16.7 Å². The van der Waals surface area contributed by atoms with Crippen molar-refractivity contribution in [1.82, 2.24) is 20.1 Å². The summed E-state index contributed by atoms with van der Waals surface area (Å²) in [6.07, 6.45) is -0.466. The summed E-state index contributed by atoms with van der Waals surface area (Å²) >= 11 is 0. The summed E-state index contributed by atoms with van der Waals surface area (Å²) in [5.41, 5.74) is -0.401. The van der Waals surface area contributed by atoms with E-state index in [1.807, 2.05) is 0 Å². The molecule has 0 aliphatic carbocycles. The van der Waals surface area contributed by atoms with Gasteiger partial charge in [0.15, 0.2) is 0 Å². The molecule has 0 spiro atoms. The molecule has 0 bridgehead atoms. The van der Waals surface area contributed by atoms with E-state index in [1.165, 1.54) is 31.4 Å². The number of aliphatic hydroxyl groups is 1. The largest absolute Gasteiger partial charge is 0.394 e. The maximum Gasteiger partial charge on any atom is 0.349 e. The highest BCUT2D eigenvalue weighted by Crippen LogP contribution is 2.06. The predicted octanol–water partition coefficient (Wildman–Crippen LogP) is -1.41. The van der Waals surface area contributed by atoms with Crippen LogP contribution in [0.1, 0.15) is 10.4 Å². The number of aromatic amines is 2. The van der Waals surface area contributed by atoms with Crippen LogP contribution in [0, 0.1) is 0 Å². The van der Waals surface area contributed by atoms with Crippen molar-refractivity contribution in [3.63, 3.8) is 0 Å². The van der Waals surface area contributed by atoms with Gasteiger partial charge in [0.05, 0.1) is 18.4 Å². The Kier molecular flexibility index (Phi) is 4.92. The lowest BCUT2D eigenvalue weighted by Crippen LogP contribution is -2.35. The second kappa shape index (κ2) is 6.87. The molecular formula is C13H16N4O5. The van der Waals surface area contributed by atoms with Gasteiger partial charge in [-0.05, 0) is 24.3 Å². The van der Waals surface area contributed by atoms with Crippen LogP contribution in [0.3, 0.4) is 0 Å². The highest BCUT2D eigenvalue weighted by atomic mass is 16.5. The molecule has 1 amide bonds. The Morgan fingerprint density at radius 1 is 1.36 bits per heavy atom. The fourth-order valence-electron chi connectivity index (χ4n) is 1.81. The number of nitrogens with one attached hydrogen (secondary N) is 3. The van der Waals surface area contributed by atoms with Crippen LogP contribution in [0.15, 0.2) is 33.9 Å². The standard InChI is InChI=1S/C13H16N4O5/c1-22-10(7-18)6-14-11(19)8-2-4-9(5-3-8)17-13(21)15-12(20)16-17/h2-5,10,18H,6-7H2,1H3,(H,14,19)(H2,15,16,20,21)/t10-/m1/s1. The van der Waals surface area contributed by atoms with E-state index in [2.05, 4.69) is 15.4 Å². The zero-order chi connectivity index (χ0) is 16.1. The van der Waals surface area contributed by atoms with E-state index in [4.69, 9.17) is 9.84 Å². The van der Waals surface area contributed by atoms with Crippen molar-refractivity contribution in [2.75, 3.05) is 20.3 Å². The fourth-order valence-corrected chi connectivity index (χ4v) is 1.81. The number of aromatic nitrogens is 3. The minimum absolute atomic E-state index is 0.179. The number of amides is 1. The highest BCUT2D eigenvalue weighted by Gasteiger charge is 2.10. The van der Waals surface area contributed by atoms with Gasteiger partial charge in [0.2, 0.25) is 0 Å². The number of benzene rings is 1. The predicted molar refractivity (Wildman–Crippen MR) is 77.2 cm³/mol. The number of aliphatic hydroxyl groups excluding tert-OH is 1. The van der Waals surface area contributed by atoms with Crippen LogP contribution in [0.4, 0.5) is 0 Å². The van der Waals surface area contributed by atoms with Gasteiger partial charge >= 0.3 is 11.4 Å². The molecule has 118 valence electrons. The van der Waals surface area contributed by atoms with Crippen molar-refractivity contribution in [2.24, 2.45) is 0 Å². The minimum atomic E-state index is -0.610. The minimum Gasteiger partial charge on any atom is -0.394 e. The number of carbonyl (C=O) groups is 1. The summed E-state index contributed by atoms with van der Waals surface area (Å²) in [6, 6.07) is 6.09. The first-order valence-electron chi connectivity index (χ1n) is 6.48. The molecule has 1 heterocycles. The fraction of sp³-hybridized carbons (Fsp3) is 0.308. The maximum atomic E-state index is 11.9.